The molecule has 66 valence electrons. The molecule has 1 heterocycles. The van der Waals surface area contributed by atoms with Gasteiger partial charge in [-0.2, -0.15) is 0 Å². The van der Waals surface area contributed by atoms with Crippen molar-refractivity contribution >= 4 is 0 Å². The van der Waals surface area contributed by atoms with E-state index in [-0.39, 0.29) is 13.2 Å². The number of hydrogen-bond acceptors (Lipinski definition) is 5. The van der Waals surface area contributed by atoms with Gasteiger partial charge in [0, 0.05) is 11.8 Å². The number of aliphatic hydroxyl groups excluding tert-OH is 4. The first-order valence-electron chi connectivity index (χ1n) is 3.54. The van der Waals surface area contributed by atoms with Crippen molar-refractivity contribution in [1.82, 2.24) is 5.32 Å². The summed E-state index contributed by atoms with van der Waals surface area (Å²) in [6.45, 7) is -0.479. The van der Waals surface area contributed by atoms with E-state index in [1.54, 1.807) is 0 Å². The van der Waals surface area contributed by atoms with Crippen molar-refractivity contribution in [3.8, 4) is 0 Å². The molecule has 0 spiro atoms. The Hall–Kier alpha value is -0.200. The van der Waals surface area contributed by atoms with Crippen LogP contribution in [0.2, 0.25) is 0 Å². The molecular weight excluding hydrogens is 150 g/mol. The summed E-state index contributed by atoms with van der Waals surface area (Å²) in [5.41, 5.74) is 0. The Kier molecular flexibility index (Phi) is 2.80. The minimum absolute atomic E-state index is 0.240. The van der Waals surface area contributed by atoms with Gasteiger partial charge in [-0.1, -0.05) is 0 Å². The van der Waals surface area contributed by atoms with Crippen molar-refractivity contribution in [2.45, 2.75) is 12.5 Å². The summed E-state index contributed by atoms with van der Waals surface area (Å²) in [6.07, 6.45) is -1.85. The second kappa shape index (κ2) is 3.46. The summed E-state index contributed by atoms with van der Waals surface area (Å²) >= 11 is 0. The number of rotatable bonds is 2. The van der Waals surface area contributed by atoms with E-state index in [1.165, 1.54) is 0 Å². The molecule has 1 aliphatic heterocycles. The Morgan fingerprint density at radius 2 is 1.27 bits per heavy atom. The quantitative estimate of drug-likeness (QED) is 0.309. The molecular formula is C6H13NO4. The first-order chi connectivity index (χ1) is 5.20. The maximum absolute atomic E-state index is 9.12. The van der Waals surface area contributed by atoms with Gasteiger partial charge in [0.1, 0.15) is 12.5 Å². The number of aliphatic hydroxyl groups is 4. The summed E-state index contributed by atoms with van der Waals surface area (Å²) < 4.78 is 0. The van der Waals surface area contributed by atoms with Gasteiger partial charge in [0.15, 0.2) is 0 Å². The Balaban J connectivity index is 2.59. The second-order valence-electron chi connectivity index (χ2n) is 2.75. The topological polar surface area (TPSA) is 93.0 Å². The maximum atomic E-state index is 9.12. The van der Waals surface area contributed by atoms with Gasteiger partial charge in [0.05, 0.1) is 13.2 Å². The molecule has 1 fully saturated rings. The lowest BCUT2D eigenvalue weighted by Gasteiger charge is -2.16. The van der Waals surface area contributed by atoms with E-state index < -0.39 is 24.3 Å². The zero-order valence-corrected chi connectivity index (χ0v) is 6.01. The number of nitrogens with one attached hydrogen (secondary N) is 1. The SMILES string of the molecule is OC[C@H]1[C@H](CO)[C@@H](O)N[C@@H]1O. The standard InChI is InChI=1S/C6H13NO4/c8-1-3-4(2-9)6(11)7-5(3)10/h3-11H,1-2H2/t3-,4-,5+,6+/m0/s1. The van der Waals surface area contributed by atoms with E-state index in [1.807, 2.05) is 0 Å². The average molecular weight is 163 g/mol. The molecule has 11 heavy (non-hydrogen) atoms. The molecule has 5 nitrogen and oxygen atoms in total. The molecule has 0 aromatic heterocycles. The Morgan fingerprint density at radius 1 is 0.909 bits per heavy atom. The first-order valence-corrected chi connectivity index (χ1v) is 3.54. The molecule has 0 aliphatic carbocycles. The fraction of sp³-hybridized carbons (Fsp3) is 1.00. The number of hydrogen-bond donors (Lipinski definition) is 5. The van der Waals surface area contributed by atoms with Crippen molar-refractivity contribution in [3.05, 3.63) is 0 Å². The Bertz CT molecular complexity index is 118. The van der Waals surface area contributed by atoms with Gasteiger partial charge in [0.25, 0.3) is 0 Å². The second-order valence-corrected chi connectivity index (χ2v) is 2.75. The lowest BCUT2D eigenvalue weighted by molar-refractivity contribution is 0.0381. The monoisotopic (exact) mass is 163 g/mol. The highest BCUT2D eigenvalue weighted by Crippen LogP contribution is 2.23. The fourth-order valence-electron chi connectivity index (χ4n) is 1.36. The molecule has 0 radical (unpaired) electrons. The van der Waals surface area contributed by atoms with Crippen LogP contribution in [0.15, 0.2) is 0 Å². The van der Waals surface area contributed by atoms with Crippen molar-refractivity contribution in [3.63, 3.8) is 0 Å². The lowest BCUT2D eigenvalue weighted by Crippen LogP contribution is -2.31. The summed E-state index contributed by atoms with van der Waals surface area (Å²) in [7, 11) is 0. The van der Waals surface area contributed by atoms with Gasteiger partial charge in [-0.05, 0) is 0 Å². The molecule has 1 rings (SSSR count). The summed E-state index contributed by atoms with van der Waals surface area (Å²) in [5, 5.41) is 38.1. The van der Waals surface area contributed by atoms with E-state index in [0.717, 1.165) is 0 Å². The van der Waals surface area contributed by atoms with Crippen LogP contribution in [0.3, 0.4) is 0 Å². The molecule has 0 amide bonds. The zero-order chi connectivity index (χ0) is 8.43. The van der Waals surface area contributed by atoms with Crippen LogP contribution in [-0.2, 0) is 0 Å². The van der Waals surface area contributed by atoms with Crippen LogP contribution in [0.25, 0.3) is 0 Å². The molecule has 4 atom stereocenters. The minimum Gasteiger partial charge on any atom is -0.396 e. The van der Waals surface area contributed by atoms with E-state index in [4.69, 9.17) is 20.4 Å². The lowest BCUT2D eigenvalue weighted by atomic mass is 9.95. The normalized spacial score (nSPS) is 44.7. The van der Waals surface area contributed by atoms with Crippen LogP contribution in [0.1, 0.15) is 0 Å². The van der Waals surface area contributed by atoms with Crippen molar-refractivity contribution in [1.29, 1.82) is 0 Å². The zero-order valence-electron chi connectivity index (χ0n) is 6.01. The van der Waals surface area contributed by atoms with Crippen LogP contribution < -0.4 is 5.32 Å². The molecule has 0 unspecified atom stereocenters. The summed E-state index contributed by atoms with van der Waals surface area (Å²) in [5.74, 6) is -0.954. The van der Waals surface area contributed by atoms with Crippen molar-refractivity contribution < 1.29 is 20.4 Å². The average Bonchev–Trinajstić information content (AvgIpc) is 2.24. The Labute approximate surface area is 64.3 Å². The van der Waals surface area contributed by atoms with E-state index in [2.05, 4.69) is 5.32 Å². The highest BCUT2D eigenvalue weighted by molar-refractivity contribution is 4.86. The van der Waals surface area contributed by atoms with Crippen LogP contribution in [0, 0.1) is 11.8 Å². The molecule has 0 aromatic carbocycles. The van der Waals surface area contributed by atoms with Crippen LogP contribution >= 0.6 is 0 Å². The minimum atomic E-state index is -0.924. The molecule has 5 N–H and O–H groups in total. The molecule has 0 aromatic rings. The highest BCUT2D eigenvalue weighted by Gasteiger charge is 2.40. The summed E-state index contributed by atoms with van der Waals surface area (Å²) in [4.78, 5) is 0. The van der Waals surface area contributed by atoms with Crippen molar-refractivity contribution in [2.75, 3.05) is 13.2 Å². The molecule has 5 heteroatoms. The van der Waals surface area contributed by atoms with Crippen LogP contribution in [0.4, 0.5) is 0 Å². The van der Waals surface area contributed by atoms with Crippen molar-refractivity contribution in [2.24, 2.45) is 11.8 Å². The molecule has 1 aliphatic rings. The van der Waals surface area contributed by atoms with E-state index in [0.29, 0.717) is 0 Å². The molecule has 0 saturated carbocycles. The smallest absolute Gasteiger partial charge is 0.112 e. The highest BCUT2D eigenvalue weighted by atomic mass is 16.3. The summed E-state index contributed by atoms with van der Waals surface area (Å²) in [6, 6.07) is 0. The fourth-order valence-corrected chi connectivity index (χ4v) is 1.36. The predicted octanol–water partition coefficient (Wildman–Crippen LogP) is -2.56. The van der Waals surface area contributed by atoms with Gasteiger partial charge in [-0.3, -0.25) is 5.32 Å². The third kappa shape index (κ3) is 1.52. The van der Waals surface area contributed by atoms with Crippen LogP contribution in [-0.4, -0.2) is 46.1 Å². The van der Waals surface area contributed by atoms with Gasteiger partial charge in [-0.15, -0.1) is 0 Å². The van der Waals surface area contributed by atoms with E-state index >= 15 is 0 Å². The van der Waals surface area contributed by atoms with E-state index in [9.17, 15) is 0 Å². The van der Waals surface area contributed by atoms with Gasteiger partial charge in [0.2, 0.25) is 0 Å². The molecule has 0 bridgehead atoms. The van der Waals surface area contributed by atoms with Crippen LogP contribution in [0.5, 0.6) is 0 Å². The third-order valence-electron chi connectivity index (χ3n) is 2.12. The predicted molar refractivity (Wildman–Crippen MR) is 36.3 cm³/mol. The largest absolute Gasteiger partial charge is 0.396 e. The third-order valence-corrected chi connectivity index (χ3v) is 2.12. The Morgan fingerprint density at radius 3 is 1.55 bits per heavy atom. The van der Waals surface area contributed by atoms with Gasteiger partial charge >= 0.3 is 0 Å². The first kappa shape index (κ1) is 8.89. The maximum Gasteiger partial charge on any atom is 0.112 e. The van der Waals surface area contributed by atoms with Gasteiger partial charge < -0.3 is 20.4 Å². The molecule has 1 saturated heterocycles. The van der Waals surface area contributed by atoms with Gasteiger partial charge in [-0.25, -0.2) is 0 Å².